The third-order valence-corrected chi connectivity index (χ3v) is 5.75. The van der Waals surface area contributed by atoms with Crippen LogP contribution in [0.15, 0.2) is 54.9 Å². The van der Waals surface area contributed by atoms with Crippen LogP contribution in [0.2, 0.25) is 0 Å². The fraction of sp³-hybridized carbons (Fsp3) is 0.400. The SMILES string of the molecule is CC(C)CS(=O)(=O)CC(=O)N(CCc1ccccc1)Cc1cccnc1. The first-order valence-corrected chi connectivity index (χ1v) is 10.6. The number of amides is 1. The third-order valence-electron chi connectivity index (χ3n) is 3.89. The molecule has 0 aliphatic carbocycles. The molecule has 0 fully saturated rings. The molecule has 1 amide bonds. The zero-order valence-corrected chi connectivity index (χ0v) is 16.2. The summed E-state index contributed by atoms with van der Waals surface area (Å²) >= 11 is 0. The third kappa shape index (κ3) is 6.96. The molecule has 0 saturated heterocycles. The van der Waals surface area contributed by atoms with E-state index >= 15 is 0 Å². The predicted octanol–water partition coefficient (Wildman–Crippen LogP) is 2.72. The van der Waals surface area contributed by atoms with Gasteiger partial charge in [-0.05, 0) is 29.5 Å². The van der Waals surface area contributed by atoms with Crippen molar-refractivity contribution in [3.63, 3.8) is 0 Å². The lowest BCUT2D eigenvalue weighted by Gasteiger charge is -2.23. The van der Waals surface area contributed by atoms with Gasteiger partial charge in [-0.1, -0.05) is 50.2 Å². The number of carbonyl (C=O) groups is 1. The van der Waals surface area contributed by atoms with Gasteiger partial charge in [0, 0.05) is 25.5 Å². The molecule has 2 rings (SSSR count). The largest absolute Gasteiger partial charge is 0.337 e. The Morgan fingerprint density at radius 2 is 1.77 bits per heavy atom. The van der Waals surface area contributed by atoms with Crippen LogP contribution >= 0.6 is 0 Å². The Kier molecular flexibility index (Phi) is 7.33. The standard InChI is InChI=1S/C20H26N2O3S/c1-17(2)15-26(24,25)16-20(23)22(14-19-9-6-11-21-13-19)12-10-18-7-4-3-5-8-18/h3-9,11,13,17H,10,12,14-16H2,1-2H3. The summed E-state index contributed by atoms with van der Waals surface area (Å²) in [6.45, 7) is 4.50. The van der Waals surface area contributed by atoms with Crippen LogP contribution in [0, 0.1) is 5.92 Å². The summed E-state index contributed by atoms with van der Waals surface area (Å²) < 4.78 is 24.4. The Hall–Kier alpha value is -2.21. The van der Waals surface area contributed by atoms with Crippen LogP contribution in [0.25, 0.3) is 0 Å². The molecule has 0 aliphatic heterocycles. The molecule has 0 spiro atoms. The molecular formula is C20H26N2O3S. The topological polar surface area (TPSA) is 67.3 Å². The summed E-state index contributed by atoms with van der Waals surface area (Å²) in [7, 11) is -3.41. The van der Waals surface area contributed by atoms with Gasteiger partial charge in [-0.2, -0.15) is 0 Å². The van der Waals surface area contributed by atoms with Crippen molar-refractivity contribution in [2.45, 2.75) is 26.8 Å². The quantitative estimate of drug-likeness (QED) is 0.677. The molecule has 0 aliphatic rings. The lowest BCUT2D eigenvalue weighted by molar-refractivity contribution is -0.129. The van der Waals surface area contributed by atoms with Gasteiger partial charge in [0.05, 0.1) is 5.75 Å². The molecule has 0 atom stereocenters. The summed E-state index contributed by atoms with van der Waals surface area (Å²) in [5.41, 5.74) is 2.00. The zero-order valence-electron chi connectivity index (χ0n) is 15.3. The molecule has 1 aromatic carbocycles. The van der Waals surface area contributed by atoms with Crippen molar-refractivity contribution in [2.75, 3.05) is 18.1 Å². The van der Waals surface area contributed by atoms with E-state index in [1.165, 1.54) is 0 Å². The number of nitrogens with zero attached hydrogens (tertiary/aromatic N) is 2. The first kappa shape index (κ1) is 20.1. The molecule has 6 heteroatoms. The highest BCUT2D eigenvalue weighted by atomic mass is 32.2. The number of hydrogen-bond acceptors (Lipinski definition) is 4. The molecule has 0 bridgehead atoms. The van der Waals surface area contributed by atoms with Gasteiger partial charge in [0.2, 0.25) is 5.91 Å². The van der Waals surface area contributed by atoms with Crippen LogP contribution in [-0.2, 0) is 27.6 Å². The Balaban J connectivity index is 2.09. The molecule has 1 heterocycles. The number of aromatic nitrogens is 1. The van der Waals surface area contributed by atoms with E-state index in [4.69, 9.17) is 0 Å². The summed E-state index contributed by atoms with van der Waals surface area (Å²) in [6, 6.07) is 13.6. The van der Waals surface area contributed by atoms with E-state index in [9.17, 15) is 13.2 Å². The zero-order chi connectivity index (χ0) is 19.0. The predicted molar refractivity (Wildman–Crippen MR) is 103 cm³/mol. The summed E-state index contributed by atoms with van der Waals surface area (Å²) in [6.07, 6.45) is 4.05. The molecule has 0 N–H and O–H groups in total. The first-order valence-electron chi connectivity index (χ1n) is 8.77. The van der Waals surface area contributed by atoms with Crippen LogP contribution in [0.1, 0.15) is 25.0 Å². The number of carbonyl (C=O) groups excluding carboxylic acids is 1. The van der Waals surface area contributed by atoms with Crippen molar-refractivity contribution in [1.82, 2.24) is 9.88 Å². The second-order valence-corrected chi connectivity index (χ2v) is 8.97. The second-order valence-electron chi connectivity index (χ2n) is 6.86. The van der Waals surface area contributed by atoms with Crippen LogP contribution in [0.4, 0.5) is 0 Å². The highest BCUT2D eigenvalue weighted by molar-refractivity contribution is 7.92. The smallest absolute Gasteiger partial charge is 0.238 e. The fourth-order valence-corrected chi connectivity index (χ4v) is 4.45. The van der Waals surface area contributed by atoms with Crippen LogP contribution in [-0.4, -0.2) is 42.3 Å². The molecule has 2 aromatic rings. The highest BCUT2D eigenvalue weighted by Crippen LogP contribution is 2.09. The lowest BCUT2D eigenvalue weighted by Crippen LogP contribution is -2.37. The van der Waals surface area contributed by atoms with Gasteiger partial charge in [-0.3, -0.25) is 9.78 Å². The van der Waals surface area contributed by atoms with E-state index in [-0.39, 0.29) is 17.6 Å². The Bertz CT molecular complexity index is 790. The fourth-order valence-electron chi connectivity index (χ4n) is 2.76. The van der Waals surface area contributed by atoms with E-state index in [0.717, 1.165) is 11.1 Å². The van der Waals surface area contributed by atoms with Crippen LogP contribution in [0.5, 0.6) is 0 Å². The van der Waals surface area contributed by atoms with Gasteiger partial charge in [0.25, 0.3) is 0 Å². The number of hydrogen-bond donors (Lipinski definition) is 0. The molecule has 140 valence electrons. The maximum Gasteiger partial charge on any atom is 0.238 e. The van der Waals surface area contributed by atoms with Crippen molar-refractivity contribution < 1.29 is 13.2 Å². The van der Waals surface area contributed by atoms with Gasteiger partial charge in [-0.25, -0.2) is 8.42 Å². The molecule has 0 saturated carbocycles. The minimum Gasteiger partial charge on any atom is -0.337 e. The Morgan fingerprint density at radius 3 is 2.38 bits per heavy atom. The van der Waals surface area contributed by atoms with Crippen molar-refractivity contribution in [3.8, 4) is 0 Å². The Labute approximate surface area is 156 Å². The van der Waals surface area contributed by atoms with Crippen LogP contribution < -0.4 is 0 Å². The molecule has 1 aromatic heterocycles. The highest BCUT2D eigenvalue weighted by Gasteiger charge is 2.23. The maximum atomic E-state index is 12.7. The first-order chi connectivity index (χ1) is 12.4. The monoisotopic (exact) mass is 374 g/mol. The van der Waals surface area contributed by atoms with E-state index in [1.54, 1.807) is 17.3 Å². The summed E-state index contributed by atoms with van der Waals surface area (Å²) in [4.78, 5) is 18.4. The van der Waals surface area contributed by atoms with Gasteiger partial charge < -0.3 is 4.90 Å². The molecule has 5 nitrogen and oxygen atoms in total. The normalized spacial score (nSPS) is 11.5. The van der Waals surface area contributed by atoms with E-state index in [1.807, 2.05) is 56.3 Å². The number of benzene rings is 1. The van der Waals surface area contributed by atoms with E-state index in [0.29, 0.717) is 19.5 Å². The molecule has 0 radical (unpaired) electrons. The van der Waals surface area contributed by atoms with Crippen molar-refractivity contribution in [1.29, 1.82) is 0 Å². The summed E-state index contributed by atoms with van der Waals surface area (Å²) in [5, 5.41) is 0. The average Bonchev–Trinajstić information content (AvgIpc) is 2.58. The van der Waals surface area contributed by atoms with Gasteiger partial charge in [0.15, 0.2) is 9.84 Å². The van der Waals surface area contributed by atoms with Crippen molar-refractivity contribution in [3.05, 3.63) is 66.0 Å². The Morgan fingerprint density at radius 1 is 1.08 bits per heavy atom. The average molecular weight is 375 g/mol. The lowest BCUT2D eigenvalue weighted by atomic mass is 10.1. The minimum absolute atomic E-state index is 0.00360. The van der Waals surface area contributed by atoms with Gasteiger partial charge in [-0.15, -0.1) is 0 Å². The number of pyridine rings is 1. The van der Waals surface area contributed by atoms with Crippen LogP contribution in [0.3, 0.4) is 0 Å². The van der Waals surface area contributed by atoms with Crippen molar-refractivity contribution >= 4 is 15.7 Å². The number of sulfone groups is 1. The van der Waals surface area contributed by atoms with Crippen molar-refractivity contribution in [2.24, 2.45) is 5.92 Å². The van der Waals surface area contributed by atoms with E-state index in [2.05, 4.69) is 4.98 Å². The van der Waals surface area contributed by atoms with E-state index < -0.39 is 15.6 Å². The molecular weight excluding hydrogens is 348 g/mol. The number of rotatable bonds is 9. The second kappa shape index (κ2) is 9.48. The maximum absolute atomic E-state index is 12.7. The summed E-state index contributed by atoms with van der Waals surface area (Å²) in [5.74, 6) is -0.771. The molecule has 0 unspecified atom stereocenters. The molecule has 26 heavy (non-hydrogen) atoms. The van der Waals surface area contributed by atoms with Gasteiger partial charge >= 0.3 is 0 Å². The van der Waals surface area contributed by atoms with Gasteiger partial charge in [0.1, 0.15) is 5.75 Å². The minimum atomic E-state index is -3.41.